The fourth-order valence-corrected chi connectivity index (χ4v) is 3.78. The number of piperidine rings is 1. The van der Waals surface area contributed by atoms with E-state index in [1.165, 1.54) is 12.8 Å². The molecule has 24 heavy (non-hydrogen) atoms. The number of hydrogen-bond acceptors (Lipinski definition) is 6. The zero-order valence-electron chi connectivity index (χ0n) is 13.6. The van der Waals surface area contributed by atoms with Crippen molar-refractivity contribution in [1.82, 2.24) is 20.4 Å². The quantitative estimate of drug-likeness (QED) is 0.870. The Kier molecular flexibility index (Phi) is 4.62. The van der Waals surface area contributed by atoms with Gasteiger partial charge in [0.05, 0.1) is 12.5 Å². The van der Waals surface area contributed by atoms with Crippen molar-refractivity contribution >= 4 is 17.2 Å². The number of nitrogens with one attached hydrogen (secondary N) is 1. The first-order valence-corrected chi connectivity index (χ1v) is 9.57. The SMILES string of the molecule is O=C(NCC1CC1)[C@H]1CCCN(Cc2nc(-c3ccsc3)no2)C1. The fourth-order valence-electron chi connectivity index (χ4n) is 3.14. The van der Waals surface area contributed by atoms with Gasteiger partial charge in [-0.25, -0.2) is 0 Å². The van der Waals surface area contributed by atoms with Gasteiger partial charge in [-0.1, -0.05) is 5.16 Å². The van der Waals surface area contributed by atoms with Crippen LogP contribution in [0.15, 0.2) is 21.3 Å². The molecule has 3 heterocycles. The van der Waals surface area contributed by atoms with Crippen LogP contribution in [0.3, 0.4) is 0 Å². The summed E-state index contributed by atoms with van der Waals surface area (Å²) in [5.74, 6) is 2.27. The number of hydrogen-bond donors (Lipinski definition) is 1. The van der Waals surface area contributed by atoms with Crippen molar-refractivity contribution < 1.29 is 9.32 Å². The van der Waals surface area contributed by atoms with Crippen LogP contribution in [-0.2, 0) is 11.3 Å². The van der Waals surface area contributed by atoms with Crippen molar-refractivity contribution in [3.05, 3.63) is 22.7 Å². The number of carbonyl (C=O) groups excluding carboxylic acids is 1. The lowest BCUT2D eigenvalue weighted by Gasteiger charge is -2.30. The van der Waals surface area contributed by atoms with E-state index in [-0.39, 0.29) is 11.8 Å². The maximum Gasteiger partial charge on any atom is 0.241 e. The predicted molar refractivity (Wildman–Crippen MR) is 91.3 cm³/mol. The lowest BCUT2D eigenvalue weighted by Crippen LogP contribution is -2.43. The van der Waals surface area contributed by atoms with Gasteiger partial charge in [0.25, 0.3) is 0 Å². The maximum absolute atomic E-state index is 12.3. The van der Waals surface area contributed by atoms with Crippen molar-refractivity contribution in [1.29, 1.82) is 0 Å². The summed E-state index contributed by atoms with van der Waals surface area (Å²) in [6.45, 7) is 3.21. The number of nitrogens with zero attached hydrogens (tertiary/aromatic N) is 3. The number of rotatable bonds is 6. The highest BCUT2D eigenvalue weighted by atomic mass is 32.1. The van der Waals surface area contributed by atoms with Gasteiger partial charge in [0.2, 0.25) is 17.6 Å². The van der Waals surface area contributed by atoms with Gasteiger partial charge in [0.1, 0.15) is 0 Å². The molecule has 0 spiro atoms. The highest BCUT2D eigenvalue weighted by Crippen LogP contribution is 2.28. The minimum atomic E-state index is 0.0803. The van der Waals surface area contributed by atoms with Crippen LogP contribution in [-0.4, -0.2) is 40.6 Å². The monoisotopic (exact) mass is 346 g/mol. The van der Waals surface area contributed by atoms with E-state index >= 15 is 0 Å². The molecule has 1 amide bonds. The third-order valence-corrected chi connectivity index (χ3v) is 5.43. The Balaban J connectivity index is 1.31. The molecule has 0 radical (unpaired) electrons. The smallest absolute Gasteiger partial charge is 0.241 e. The van der Waals surface area contributed by atoms with E-state index in [1.54, 1.807) is 11.3 Å². The van der Waals surface area contributed by atoms with Crippen molar-refractivity contribution in [3.8, 4) is 11.4 Å². The summed E-state index contributed by atoms with van der Waals surface area (Å²) < 4.78 is 5.38. The second-order valence-electron chi connectivity index (χ2n) is 6.79. The summed E-state index contributed by atoms with van der Waals surface area (Å²) in [5, 5.41) is 11.2. The van der Waals surface area contributed by atoms with E-state index in [0.717, 1.165) is 44.0 Å². The number of amides is 1. The van der Waals surface area contributed by atoms with Crippen molar-refractivity contribution in [2.75, 3.05) is 19.6 Å². The van der Waals surface area contributed by atoms with Gasteiger partial charge in [-0.2, -0.15) is 16.3 Å². The highest BCUT2D eigenvalue weighted by molar-refractivity contribution is 7.08. The van der Waals surface area contributed by atoms with Crippen molar-refractivity contribution in [3.63, 3.8) is 0 Å². The van der Waals surface area contributed by atoms with E-state index in [4.69, 9.17) is 4.52 Å². The molecule has 1 saturated heterocycles. The third kappa shape index (κ3) is 3.84. The normalized spacial score (nSPS) is 21.8. The first-order valence-electron chi connectivity index (χ1n) is 8.63. The average Bonchev–Trinajstić information content (AvgIpc) is 3.07. The lowest BCUT2D eigenvalue weighted by atomic mass is 9.97. The number of thiophene rings is 1. The van der Waals surface area contributed by atoms with Gasteiger partial charge in [-0.3, -0.25) is 9.69 Å². The first-order chi connectivity index (χ1) is 11.8. The van der Waals surface area contributed by atoms with Crippen LogP contribution in [0.4, 0.5) is 0 Å². The van der Waals surface area contributed by atoms with Gasteiger partial charge in [0, 0.05) is 24.0 Å². The average molecular weight is 346 g/mol. The van der Waals surface area contributed by atoms with Crippen LogP contribution in [0, 0.1) is 11.8 Å². The first kappa shape index (κ1) is 15.8. The molecule has 1 saturated carbocycles. The molecule has 0 aromatic carbocycles. The molecule has 0 bridgehead atoms. The topological polar surface area (TPSA) is 71.3 Å². The minimum absolute atomic E-state index is 0.0803. The Labute approximate surface area is 145 Å². The molecule has 6 nitrogen and oxygen atoms in total. The molecule has 1 N–H and O–H groups in total. The lowest BCUT2D eigenvalue weighted by molar-refractivity contribution is -0.126. The molecule has 2 aliphatic rings. The van der Waals surface area contributed by atoms with Crippen LogP contribution < -0.4 is 5.32 Å². The van der Waals surface area contributed by atoms with Crippen molar-refractivity contribution in [2.45, 2.75) is 32.2 Å². The van der Waals surface area contributed by atoms with Crippen LogP contribution in [0.5, 0.6) is 0 Å². The summed E-state index contributed by atoms with van der Waals surface area (Å²) >= 11 is 1.62. The molecule has 128 valence electrons. The largest absolute Gasteiger partial charge is 0.356 e. The summed E-state index contributed by atoms with van der Waals surface area (Å²) in [4.78, 5) is 19.0. The number of aromatic nitrogens is 2. The Hall–Kier alpha value is -1.73. The van der Waals surface area contributed by atoms with E-state index in [0.29, 0.717) is 18.3 Å². The standard InChI is InChI=1S/C17H22N4O2S/c22-17(18-8-12-3-4-12)13-2-1-6-21(9-13)10-15-19-16(20-23-15)14-5-7-24-11-14/h5,7,11-13H,1-4,6,8-10H2,(H,18,22)/t13-/m0/s1. The van der Waals surface area contributed by atoms with Gasteiger partial charge in [-0.15, -0.1) is 0 Å². The molecule has 0 unspecified atom stereocenters. The molecule has 2 aromatic rings. The second-order valence-corrected chi connectivity index (χ2v) is 7.57. The number of carbonyl (C=O) groups is 1. The Bertz CT molecular complexity index is 681. The highest BCUT2D eigenvalue weighted by Gasteiger charge is 2.28. The minimum Gasteiger partial charge on any atom is -0.356 e. The molecule has 1 aliphatic heterocycles. The summed E-state index contributed by atoms with van der Waals surface area (Å²) in [5.41, 5.74) is 0.992. The molecule has 7 heteroatoms. The Morgan fingerprint density at radius 2 is 2.33 bits per heavy atom. The van der Waals surface area contributed by atoms with E-state index in [2.05, 4.69) is 20.4 Å². The third-order valence-electron chi connectivity index (χ3n) is 4.74. The molecule has 2 fully saturated rings. The zero-order valence-corrected chi connectivity index (χ0v) is 14.4. The van der Waals surface area contributed by atoms with Crippen LogP contribution >= 0.6 is 11.3 Å². The van der Waals surface area contributed by atoms with E-state index in [1.807, 2.05) is 16.8 Å². The number of likely N-dealkylation sites (tertiary alicyclic amines) is 1. The zero-order chi connectivity index (χ0) is 16.4. The molecule has 4 rings (SSSR count). The predicted octanol–water partition coefficient (Wildman–Crippen LogP) is 2.54. The van der Waals surface area contributed by atoms with Crippen LogP contribution in [0.25, 0.3) is 11.4 Å². The molecule has 1 atom stereocenters. The fraction of sp³-hybridized carbons (Fsp3) is 0.588. The van der Waals surface area contributed by atoms with Crippen molar-refractivity contribution in [2.24, 2.45) is 11.8 Å². The van der Waals surface area contributed by atoms with Gasteiger partial charge in [0.15, 0.2) is 0 Å². The summed E-state index contributed by atoms with van der Waals surface area (Å²) in [6.07, 6.45) is 4.53. The summed E-state index contributed by atoms with van der Waals surface area (Å²) in [6, 6.07) is 1.99. The maximum atomic E-state index is 12.3. The van der Waals surface area contributed by atoms with Gasteiger partial charge in [-0.05, 0) is 49.6 Å². The Morgan fingerprint density at radius 1 is 1.42 bits per heavy atom. The van der Waals surface area contributed by atoms with E-state index < -0.39 is 0 Å². The molecule has 2 aromatic heterocycles. The molecule has 1 aliphatic carbocycles. The van der Waals surface area contributed by atoms with Crippen LogP contribution in [0.2, 0.25) is 0 Å². The van der Waals surface area contributed by atoms with Crippen LogP contribution in [0.1, 0.15) is 31.6 Å². The van der Waals surface area contributed by atoms with Gasteiger partial charge < -0.3 is 9.84 Å². The van der Waals surface area contributed by atoms with Gasteiger partial charge >= 0.3 is 0 Å². The van der Waals surface area contributed by atoms with E-state index in [9.17, 15) is 4.79 Å². The molecular formula is C17H22N4O2S. The summed E-state index contributed by atoms with van der Waals surface area (Å²) in [7, 11) is 0. The molecular weight excluding hydrogens is 324 g/mol. The second kappa shape index (κ2) is 7.03. The Morgan fingerprint density at radius 3 is 3.12 bits per heavy atom.